The Morgan fingerprint density at radius 3 is 1.79 bits per heavy atom. The van der Waals surface area contributed by atoms with Crippen molar-refractivity contribution >= 4 is 0 Å². The minimum Gasteiger partial charge on any atom is -0.491 e. The van der Waals surface area contributed by atoms with Crippen LogP contribution in [0.5, 0.6) is 5.75 Å². The van der Waals surface area contributed by atoms with Gasteiger partial charge in [0.2, 0.25) is 0 Å². The molecule has 0 unspecified atom stereocenters. The summed E-state index contributed by atoms with van der Waals surface area (Å²) in [5.74, 6) is 0.942. The van der Waals surface area contributed by atoms with Gasteiger partial charge in [-0.15, -0.1) is 0 Å². The molecule has 1 aromatic carbocycles. The van der Waals surface area contributed by atoms with Gasteiger partial charge in [-0.1, -0.05) is 32.0 Å². The van der Waals surface area contributed by atoms with E-state index in [0.717, 1.165) is 5.75 Å². The topological polar surface area (TPSA) is 9.23 Å². The van der Waals surface area contributed by atoms with Crippen molar-refractivity contribution in [1.29, 1.82) is 0 Å². The SMILES string of the molecule is CC.CC(C)Oc1ccccc1.[CH3-].[Y]. The van der Waals surface area contributed by atoms with Gasteiger partial charge < -0.3 is 12.2 Å². The maximum Gasteiger partial charge on any atom is 0.119 e. The molecule has 0 aliphatic rings. The van der Waals surface area contributed by atoms with E-state index in [2.05, 4.69) is 0 Å². The molecule has 0 N–H and O–H groups in total. The second-order valence-corrected chi connectivity index (χ2v) is 2.48. The van der Waals surface area contributed by atoms with Crippen molar-refractivity contribution in [1.82, 2.24) is 0 Å². The molecule has 0 aliphatic heterocycles. The quantitative estimate of drug-likeness (QED) is 0.739. The Balaban J connectivity index is -0.000000284. The Morgan fingerprint density at radius 2 is 1.43 bits per heavy atom. The van der Waals surface area contributed by atoms with Gasteiger partial charge >= 0.3 is 0 Å². The molecule has 1 nitrogen and oxygen atoms in total. The monoisotopic (exact) mass is 270 g/mol. The molecule has 0 bridgehead atoms. The first-order chi connectivity index (χ1) is 5.79. The third-order valence-corrected chi connectivity index (χ3v) is 1.11. The summed E-state index contributed by atoms with van der Waals surface area (Å²) in [5.41, 5.74) is 0. The largest absolute Gasteiger partial charge is 0.491 e. The Bertz CT molecular complexity index is 185. The van der Waals surface area contributed by atoms with Crippen molar-refractivity contribution in [3.63, 3.8) is 0 Å². The van der Waals surface area contributed by atoms with E-state index in [-0.39, 0.29) is 46.2 Å². The predicted molar refractivity (Wildman–Crippen MR) is 60.0 cm³/mol. The Morgan fingerprint density at radius 1 is 1.00 bits per heavy atom. The molecule has 1 radical (unpaired) electrons. The number of para-hydroxylation sites is 1. The fourth-order valence-corrected chi connectivity index (χ4v) is 0.771. The zero-order valence-corrected chi connectivity index (χ0v) is 12.8. The van der Waals surface area contributed by atoms with Crippen LogP contribution in [-0.4, -0.2) is 6.10 Å². The van der Waals surface area contributed by atoms with Gasteiger partial charge in [-0.25, -0.2) is 0 Å². The molecule has 2 heteroatoms. The fourth-order valence-electron chi connectivity index (χ4n) is 0.771. The van der Waals surface area contributed by atoms with Gasteiger partial charge in [0.15, 0.2) is 0 Å². The molecule has 0 heterocycles. The van der Waals surface area contributed by atoms with Crippen molar-refractivity contribution in [3.05, 3.63) is 37.8 Å². The van der Waals surface area contributed by atoms with Crippen molar-refractivity contribution in [3.8, 4) is 5.75 Å². The molecule has 0 aromatic heterocycles. The van der Waals surface area contributed by atoms with Crippen LogP contribution in [-0.2, 0) is 32.7 Å². The standard InChI is InChI=1S/C9H12O.C2H6.CH3.Y/c1-8(2)10-9-6-4-3-5-7-9;1-2;;/h3-8H,1-2H3;1-2H3;1H3;/q;;-1;. The average molecular weight is 270 g/mol. The maximum absolute atomic E-state index is 5.41. The Kier molecular flexibility index (Phi) is 18.4. The summed E-state index contributed by atoms with van der Waals surface area (Å²) >= 11 is 0. The zero-order chi connectivity index (χ0) is 9.40. The van der Waals surface area contributed by atoms with Crippen LogP contribution in [0.4, 0.5) is 0 Å². The molecule has 1 rings (SSSR count). The summed E-state index contributed by atoms with van der Waals surface area (Å²) in [6.45, 7) is 8.04. The van der Waals surface area contributed by atoms with Crippen LogP contribution in [0.25, 0.3) is 0 Å². The van der Waals surface area contributed by atoms with Crippen molar-refractivity contribution < 1.29 is 37.4 Å². The third-order valence-electron chi connectivity index (χ3n) is 1.11. The molecule has 0 amide bonds. The molecular weight excluding hydrogens is 249 g/mol. The van der Waals surface area contributed by atoms with Gasteiger partial charge in [-0.3, -0.25) is 0 Å². The van der Waals surface area contributed by atoms with Crippen LogP contribution >= 0.6 is 0 Å². The number of benzene rings is 1. The normalized spacial score (nSPS) is 7.50. The molecule has 0 fully saturated rings. The summed E-state index contributed by atoms with van der Waals surface area (Å²) in [6.07, 6.45) is 0.266. The minimum absolute atomic E-state index is 0. The first kappa shape index (κ1) is 19.7. The van der Waals surface area contributed by atoms with Gasteiger partial charge in [0.1, 0.15) is 5.75 Å². The smallest absolute Gasteiger partial charge is 0.119 e. The van der Waals surface area contributed by atoms with Crippen LogP contribution in [0.15, 0.2) is 30.3 Å². The van der Waals surface area contributed by atoms with Crippen LogP contribution < -0.4 is 4.74 Å². The molecule has 0 spiro atoms. The summed E-state index contributed by atoms with van der Waals surface area (Å²) in [4.78, 5) is 0. The van der Waals surface area contributed by atoms with E-state index < -0.39 is 0 Å². The van der Waals surface area contributed by atoms with Crippen LogP contribution in [0.2, 0.25) is 0 Å². The van der Waals surface area contributed by atoms with E-state index in [1.807, 2.05) is 58.0 Å². The number of ether oxygens (including phenoxy) is 1. The zero-order valence-electron chi connectivity index (χ0n) is 9.95. The second-order valence-electron chi connectivity index (χ2n) is 2.48. The van der Waals surface area contributed by atoms with E-state index in [9.17, 15) is 0 Å². The summed E-state index contributed by atoms with van der Waals surface area (Å²) in [5, 5.41) is 0. The Labute approximate surface area is 114 Å². The fraction of sp³-hybridized carbons (Fsp3) is 0.417. The van der Waals surface area contributed by atoms with E-state index in [4.69, 9.17) is 4.74 Å². The first-order valence-corrected chi connectivity index (χ1v) is 4.51. The second kappa shape index (κ2) is 13.1. The molecule has 0 aliphatic carbocycles. The molecule has 0 atom stereocenters. The first-order valence-electron chi connectivity index (χ1n) is 4.51. The van der Waals surface area contributed by atoms with Gasteiger partial charge in [-0.2, -0.15) is 0 Å². The number of rotatable bonds is 2. The van der Waals surface area contributed by atoms with Gasteiger partial charge in [0, 0.05) is 32.7 Å². The minimum atomic E-state index is 0. The molecular formula is C12H21OY-. The van der Waals surface area contributed by atoms with Gasteiger partial charge in [0.25, 0.3) is 0 Å². The van der Waals surface area contributed by atoms with Crippen molar-refractivity contribution in [2.24, 2.45) is 0 Å². The van der Waals surface area contributed by atoms with E-state index in [0.29, 0.717) is 0 Å². The summed E-state index contributed by atoms with van der Waals surface area (Å²) in [7, 11) is 0. The average Bonchev–Trinajstić information content (AvgIpc) is 2.08. The van der Waals surface area contributed by atoms with Crippen LogP contribution in [0, 0.1) is 7.43 Å². The van der Waals surface area contributed by atoms with E-state index in [1.54, 1.807) is 0 Å². The molecule has 0 saturated carbocycles. The molecule has 14 heavy (non-hydrogen) atoms. The summed E-state index contributed by atoms with van der Waals surface area (Å²) < 4.78 is 5.41. The van der Waals surface area contributed by atoms with Gasteiger partial charge in [-0.05, 0) is 26.0 Å². The maximum atomic E-state index is 5.41. The van der Waals surface area contributed by atoms with Gasteiger partial charge in [0.05, 0.1) is 6.10 Å². The number of hydrogen-bond donors (Lipinski definition) is 0. The van der Waals surface area contributed by atoms with Crippen LogP contribution in [0.3, 0.4) is 0 Å². The predicted octanol–water partition coefficient (Wildman–Crippen LogP) is 3.95. The molecule has 0 saturated heterocycles. The third kappa shape index (κ3) is 10.2. The Hall–Kier alpha value is 0.124. The van der Waals surface area contributed by atoms with E-state index >= 15 is 0 Å². The molecule has 1 aromatic rings. The molecule has 79 valence electrons. The van der Waals surface area contributed by atoms with Crippen LogP contribution in [0.1, 0.15) is 27.7 Å². The van der Waals surface area contributed by atoms with Crippen molar-refractivity contribution in [2.75, 3.05) is 0 Å². The summed E-state index contributed by atoms with van der Waals surface area (Å²) in [6, 6.07) is 9.84. The van der Waals surface area contributed by atoms with E-state index in [1.165, 1.54) is 0 Å². The number of hydrogen-bond acceptors (Lipinski definition) is 1. The van der Waals surface area contributed by atoms with Crippen molar-refractivity contribution in [2.45, 2.75) is 33.8 Å².